The molecule has 0 aliphatic heterocycles. The van der Waals surface area contributed by atoms with Crippen molar-refractivity contribution in [3.63, 3.8) is 0 Å². The number of nitrogens with zero attached hydrogens (tertiary/aromatic N) is 1. The van der Waals surface area contributed by atoms with Crippen LogP contribution in [0.15, 0.2) is 35.4 Å². The molecule has 88 valence electrons. The number of ether oxygens (including phenoxy) is 1. The summed E-state index contributed by atoms with van der Waals surface area (Å²) in [6.07, 6.45) is 2.91. The molecular weight excluding hydrogens is 224 g/mol. The number of nitrogens with one attached hydrogen (secondary N) is 1. The molecule has 0 saturated carbocycles. The van der Waals surface area contributed by atoms with Gasteiger partial charge in [0.05, 0.1) is 18.4 Å². The molecule has 0 bridgehead atoms. The smallest absolute Gasteiger partial charge is 0.337 e. The second kappa shape index (κ2) is 4.17. The van der Waals surface area contributed by atoms with Gasteiger partial charge in [0.25, 0.3) is 0 Å². The molecule has 0 unspecified atom stereocenters. The molecule has 0 saturated heterocycles. The monoisotopic (exact) mass is 234 g/mol. The normalized spacial score (nSPS) is 10.2. The zero-order valence-electron chi connectivity index (χ0n) is 9.01. The van der Waals surface area contributed by atoms with Crippen LogP contribution >= 0.6 is 0 Å². The number of hydrogen-bond donors (Lipinski definition) is 2. The summed E-state index contributed by atoms with van der Waals surface area (Å²) in [5, 5.41) is 9.09. The SMILES string of the molecule is COc1ccc(-n2cc[nH]c2=O)c(C(=O)O)c1. The summed E-state index contributed by atoms with van der Waals surface area (Å²) in [6.45, 7) is 0. The van der Waals surface area contributed by atoms with Crippen LogP contribution in [0.2, 0.25) is 0 Å². The predicted octanol–water partition coefficient (Wildman–Crippen LogP) is 0.872. The van der Waals surface area contributed by atoms with Gasteiger partial charge < -0.3 is 14.8 Å². The Labute approximate surface area is 96.1 Å². The van der Waals surface area contributed by atoms with Gasteiger partial charge in [-0.1, -0.05) is 0 Å². The molecular formula is C11H10N2O4. The van der Waals surface area contributed by atoms with Gasteiger partial charge >= 0.3 is 11.7 Å². The standard InChI is InChI=1S/C11H10N2O4/c1-17-7-2-3-9(8(6-7)10(14)15)13-5-4-12-11(13)16/h2-6H,1H3,(H,12,16)(H,14,15). The third-order valence-corrected chi connectivity index (χ3v) is 2.34. The van der Waals surface area contributed by atoms with E-state index in [0.717, 1.165) is 0 Å². The third-order valence-electron chi connectivity index (χ3n) is 2.34. The molecule has 2 rings (SSSR count). The van der Waals surface area contributed by atoms with Gasteiger partial charge in [0, 0.05) is 12.4 Å². The summed E-state index contributed by atoms with van der Waals surface area (Å²) >= 11 is 0. The van der Waals surface area contributed by atoms with E-state index in [2.05, 4.69) is 4.98 Å². The van der Waals surface area contributed by atoms with Crippen molar-refractivity contribution in [1.82, 2.24) is 9.55 Å². The number of hydrogen-bond acceptors (Lipinski definition) is 3. The van der Waals surface area contributed by atoms with Crippen LogP contribution < -0.4 is 10.4 Å². The van der Waals surface area contributed by atoms with Crippen LogP contribution in [0.1, 0.15) is 10.4 Å². The second-order valence-electron chi connectivity index (χ2n) is 3.32. The molecule has 0 aliphatic carbocycles. The number of carboxylic acids is 1. The van der Waals surface area contributed by atoms with Gasteiger partial charge in [-0.2, -0.15) is 0 Å². The minimum absolute atomic E-state index is 0.00560. The molecule has 6 nitrogen and oxygen atoms in total. The van der Waals surface area contributed by atoms with Crippen molar-refractivity contribution in [3.05, 3.63) is 46.6 Å². The van der Waals surface area contributed by atoms with Crippen LogP contribution in [0, 0.1) is 0 Å². The van der Waals surface area contributed by atoms with E-state index < -0.39 is 11.7 Å². The Hall–Kier alpha value is -2.50. The van der Waals surface area contributed by atoms with Crippen molar-refractivity contribution < 1.29 is 14.6 Å². The lowest BCUT2D eigenvalue weighted by Gasteiger charge is -2.08. The number of rotatable bonds is 3. The van der Waals surface area contributed by atoms with Gasteiger partial charge in [-0.25, -0.2) is 9.59 Å². The summed E-state index contributed by atoms with van der Waals surface area (Å²) in [6, 6.07) is 4.50. The fraction of sp³-hybridized carbons (Fsp3) is 0.0909. The highest BCUT2D eigenvalue weighted by Gasteiger charge is 2.14. The molecule has 0 aliphatic rings. The molecule has 2 aromatic rings. The van der Waals surface area contributed by atoms with Crippen LogP contribution in [-0.4, -0.2) is 27.7 Å². The summed E-state index contributed by atoms with van der Waals surface area (Å²) in [7, 11) is 1.45. The maximum absolute atomic E-state index is 11.4. The first-order valence-corrected chi connectivity index (χ1v) is 4.81. The Bertz CT molecular complexity index is 612. The maximum Gasteiger partial charge on any atom is 0.337 e. The molecule has 1 heterocycles. The van der Waals surface area contributed by atoms with Gasteiger partial charge in [0.1, 0.15) is 5.75 Å². The van der Waals surface area contributed by atoms with Gasteiger partial charge in [-0.3, -0.25) is 4.57 Å². The van der Waals surface area contributed by atoms with E-state index in [4.69, 9.17) is 9.84 Å². The maximum atomic E-state index is 11.4. The molecule has 0 radical (unpaired) electrons. The van der Waals surface area contributed by atoms with Crippen LogP contribution in [-0.2, 0) is 0 Å². The number of methoxy groups -OCH3 is 1. The molecule has 0 fully saturated rings. The number of H-pyrrole nitrogens is 1. The Kier molecular flexibility index (Phi) is 2.70. The van der Waals surface area contributed by atoms with E-state index in [9.17, 15) is 9.59 Å². The fourth-order valence-corrected chi connectivity index (χ4v) is 1.53. The van der Waals surface area contributed by atoms with Crippen molar-refractivity contribution in [3.8, 4) is 11.4 Å². The predicted molar refractivity (Wildman–Crippen MR) is 59.9 cm³/mol. The van der Waals surface area contributed by atoms with Crippen molar-refractivity contribution in [2.45, 2.75) is 0 Å². The topological polar surface area (TPSA) is 84.3 Å². The third kappa shape index (κ3) is 1.92. The van der Waals surface area contributed by atoms with E-state index in [1.165, 1.54) is 36.2 Å². The van der Waals surface area contributed by atoms with Crippen LogP contribution in [0.3, 0.4) is 0 Å². The highest BCUT2D eigenvalue weighted by Crippen LogP contribution is 2.20. The van der Waals surface area contributed by atoms with E-state index in [1.54, 1.807) is 6.07 Å². The Morgan fingerprint density at radius 2 is 2.24 bits per heavy atom. The lowest BCUT2D eigenvalue weighted by molar-refractivity contribution is 0.0696. The average Bonchev–Trinajstić information content (AvgIpc) is 2.74. The molecule has 2 N–H and O–H groups in total. The van der Waals surface area contributed by atoms with Crippen molar-refractivity contribution >= 4 is 5.97 Å². The Morgan fingerprint density at radius 1 is 1.47 bits per heavy atom. The molecule has 0 amide bonds. The summed E-state index contributed by atoms with van der Waals surface area (Å²) in [5.74, 6) is -0.693. The highest BCUT2D eigenvalue weighted by molar-refractivity contribution is 5.92. The van der Waals surface area contributed by atoms with Crippen molar-refractivity contribution in [1.29, 1.82) is 0 Å². The minimum Gasteiger partial charge on any atom is -0.497 e. The summed E-state index contributed by atoms with van der Waals surface area (Å²) in [5.41, 5.74) is -0.0896. The number of aromatic nitrogens is 2. The molecule has 6 heteroatoms. The van der Waals surface area contributed by atoms with E-state index >= 15 is 0 Å². The van der Waals surface area contributed by atoms with Crippen molar-refractivity contribution in [2.75, 3.05) is 7.11 Å². The number of aromatic carboxylic acids is 1. The van der Waals surface area contributed by atoms with E-state index in [1.807, 2.05) is 0 Å². The Morgan fingerprint density at radius 3 is 2.76 bits per heavy atom. The minimum atomic E-state index is -1.12. The number of aromatic amines is 1. The second-order valence-corrected chi connectivity index (χ2v) is 3.32. The number of carboxylic acid groups (broad SMARTS) is 1. The van der Waals surface area contributed by atoms with Crippen molar-refractivity contribution in [2.24, 2.45) is 0 Å². The summed E-state index contributed by atoms with van der Waals surface area (Å²) in [4.78, 5) is 25.0. The number of carbonyl (C=O) groups is 1. The first kappa shape index (κ1) is 11.0. The molecule has 0 atom stereocenters. The van der Waals surface area contributed by atoms with E-state index in [-0.39, 0.29) is 5.56 Å². The van der Waals surface area contributed by atoms with Crippen LogP contribution in [0.5, 0.6) is 5.75 Å². The quantitative estimate of drug-likeness (QED) is 0.825. The molecule has 0 spiro atoms. The van der Waals surface area contributed by atoms with Crippen LogP contribution in [0.4, 0.5) is 0 Å². The lowest BCUT2D eigenvalue weighted by Crippen LogP contribution is -2.17. The number of benzene rings is 1. The zero-order valence-corrected chi connectivity index (χ0v) is 9.01. The highest BCUT2D eigenvalue weighted by atomic mass is 16.5. The van der Waals surface area contributed by atoms with Gasteiger partial charge in [-0.15, -0.1) is 0 Å². The molecule has 1 aromatic heterocycles. The summed E-state index contributed by atoms with van der Waals surface area (Å²) < 4.78 is 6.17. The van der Waals surface area contributed by atoms with E-state index in [0.29, 0.717) is 11.4 Å². The molecule has 1 aromatic carbocycles. The van der Waals surface area contributed by atoms with Gasteiger partial charge in [0.2, 0.25) is 0 Å². The first-order chi connectivity index (χ1) is 8.13. The lowest BCUT2D eigenvalue weighted by atomic mass is 10.1. The van der Waals surface area contributed by atoms with Gasteiger partial charge in [0.15, 0.2) is 0 Å². The van der Waals surface area contributed by atoms with Crippen LogP contribution in [0.25, 0.3) is 5.69 Å². The number of imidazole rings is 1. The average molecular weight is 234 g/mol. The largest absolute Gasteiger partial charge is 0.497 e. The first-order valence-electron chi connectivity index (χ1n) is 4.81. The Balaban J connectivity index is 2.66. The van der Waals surface area contributed by atoms with Gasteiger partial charge in [-0.05, 0) is 18.2 Å². The fourth-order valence-electron chi connectivity index (χ4n) is 1.53. The zero-order chi connectivity index (χ0) is 12.4. The molecule has 17 heavy (non-hydrogen) atoms.